The zero-order chi connectivity index (χ0) is 13.9. The highest BCUT2D eigenvalue weighted by Crippen LogP contribution is 2.29. The fraction of sp³-hybridized carbons (Fsp3) is 0.125. The lowest BCUT2D eigenvalue weighted by Crippen LogP contribution is -2.02. The fourth-order valence-corrected chi connectivity index (χ4v) is 2.11. The van der Waals surface area contributed by atoms with E-state index in [4.69, 9.17) is 9.15 Å². The van der Waals surface area contributed by atoms with Crippen LogP contribution < -0.4 is 0 Å². The predicted octanol–water partition coefficient (Wildman–Crippen LogP) is 3.67. The number of hydrogen-bond acceptors (Lipinski definition) is 4. The summed E-state index contributed by atoms with van der Waals surface area (Å²) in [5.41, 5.74) is 0.860. The third kappa shape index (κ3) is 2.16. The number of esters is 1. The molecule has 3 aromatic rings. The van der Waals surface area contributed by atoms with Gasteiger partial charge in [-0.05, 0) is 24.4 Å². The van der Waals surface area contributed by atoms with E-state index in [0.29, 0.717) is 12.4 Å². The SMILES string of the molecule is CCOC(=O)c1ccc(-c2cncc3ccccc23)o1. The summed E-state index contributed by atoms with van der Waals surface area (Å²) in [6.07, 6.45) is 3.53. The molecule has 0 fully saturated rings. The van der Waals surface area contributed by atoms with Gasteiger partial charge in [0, 0.05) is 23.3 Å². The molecule has 0 saturated heterocycles. The smallest absolute Gasteiger partial charge is 0.374 e. The molecule has 0 aliphatic carbocycles. The maximum atomic E-state index is 11.6. The number of carbonyl (C=O) groups excluding carboxylic acids is 1. The first-order valence-corrected chi connectivity index (χ1v) is 6.39. The van der Waals surface area contributed by atoms with Crippen molar-refractivity contribution in [3.63, 3.8) is 0 Å². The Labute approximate surface area is 116 Å². The van der Waals surface area contributed by atoms with E-state index in [2.05, 4.69) is 4.98 Å². The highest BCUT2D eigenvalue weighted by molar-refractivity contribution is 5.95. The predicted molar refractivity (Wildman–Crippen MR) is 75.4 cm³/mol. The van der Waals surface area contributed by atoms with Crippen LogP contribution in [0.3, 0.4) is 0 Å². The van der Waals surface area contributed by atoms with Gasteiger partial charge in [-0.1, -0.05) is 24.3 Å². The molecule has 0 saturated carbocycles. The zero-order valence-electron chi connectivity index (χ0n) is 11.0. The van der Waals surface area contributed by atoms with Crippen molar-refractivity contribution in [3.05, 3.63) is 54.6 Å². The lowest BCUT2D eigenvalue weighted by Gasteiger charge is -2.03. The molecule has 4 heteroatoms. The van der Waals surface area contributed by atoms with Gasteiger partial charge in [0.2, 0.25) is 5.76 Å². The third-order valence-electron chi connectivity index (χ3n) is 3.02. The largest absolute Gasteiger partial charge is 0.460 e. The molecule has 0 amide bonds. The van der Waals surface area contributed by atoms with Gasteiger partial charge in [-0.3, -0.25) is 4.98 Å². The van der Waals surface area contributed by atoms with E-state index in [1.165, 1.54) is 0 Å². The van der Waals surface area contributed by atoms with Crippen molar-refractivity contribution >= 4 is 16.7 Å². The number of furan rings is 1. The zero-order valence-corrected chi connectivity index (χ0v) is 11.0. The summed E-state index contributed by atoms with van der Waals surface area (Å²) in [5, 5.41) is 2.06. The summed E-state index contributed by atoms with van der Waals surface area (Å²) in [5.74, 6) is 0.360. The first-order chi connectivity index (χ1) is 9.79. The van der Waals surface area contributed by atoms with Crippen molar-refractivity contribution in [2.24, 2.45) is 0 Å². The summed E-state index contributed by atoms with van der Waals surface area (Å²) in [6, 6.07) is 11.3. The van der Waals surface area contributed by atoms with Crippen LogP contribution in [0.1, 0.15) is 17.5 Å². The van der Waals surface area contributed by atoms with Gasteiger partial charge >= 0.3 is 5.97 Å². The molecule has 0 atom stereocenters. The topological polar surface area (TPSA) is 52.3 Å². The molecule has 0 unspecified atom stereocenters. The van der Waals surface area contributed by atoms with Crippen LogP contribution >= 0.6 is 0 Å². The first kappa shape index (κ1) is 12.4. The van der Waals surface area contributed by atoms with Crippen molar-refractivity contribution in [1.82, 2.24) is 4.98 Å². The lowest BCUT2D eigenvalue weighted by atomic mass is 10.1. The van der Waals surface area contributed by atoms with Gasteiger partial charge in [-0.15, -0.1) is 0 Å². The maximum Gasteiger partial charge on any atom is 0.374 e. The first-order valence-electron chi connectivity index (χ1n) is 6.39. The van der Waals surface area contributed by atoms with Crippen molar-refractivity contribution < 1.29 is 13.9 Å². The Hall–Kier alpha value is -2.62. The molecular formula is C16H13NO3. The Morgan fingerprint density at radius 2 is 2.05 bits per heavy atom. The van der Waals surface area contributed by atoms with E-state index in [1.807, 2.05) is 24.3 Å². The molecular weight excluding hydrogens is 254 g/mol. The number of hydrogen-bond donors (Lipinski definition) is 0. The normalized spacial score (nSPS) is 10.7. The van der Waals surface area contributed by atoms with Gasteiger partial charge in [-0.2, -0.15) is 0 Å². The molecule has 0 aliphatic heterocycles. The van der Waals surface area contributed by atoms with Crippen LogP contribution in [0, 0.1) is 0 Å². The molecule has 2 aromatic heterocycles. The second-order valence-corrected chi connectivity index (χ2v) is 4.29. The Bertz CT molecular complexity index is 756. The molecule has 1 aromatic carbocycles. The Balaban J connectivity index is 2.06. The standard InChI is InChI=1S/C16H13NO3/c1-2-19-16(18)15-8-7-14(20-15)13-10-17-9-11-5-3-4-6-12(11)13/h3-10H,2H2,1H3. The summed E-state index contributed by atoms with van der Waals surface area (Å²) < 4.78 is 10.5. The van der Waals surface area contributed by atoms with Gasteiger partial charge in [-0.25, -0.2) is 4.79 Å². The number of pyridine rings is 1. The number of benzene rings is 1. The van der Waals surface area contributed by atoms with Crippen molar-refractivity contribution in [3.8, 4) is 11.3 Å². The summed E-state index contributed by atoms with van der Waals surface area (Å²) >= 11 is 0. The minimum atomic E-state index is -0.452. The van der Waals surface area contributed by atoms with E-state index in [9.17, 15) is 4.79 Å². The van der Waals surface area contributed by atoms with Gasteiger partial charge < -0.3 is 9.15 Å². The van der Waals surface area contributed by atoms with Crippen LogP contribution in [0.5, 0.6) is 0 Å². The fourth-order valence-electron chi connectivity index (χ4n) is 2.11. The van der Waals surface area contributed by atoms with Crippen molar-refractivity contribution in [2.75, 3.05) is 6.61 Å². The summed E-state index contributed by atoms with van der Waals surface area (Å²) in [7, 11) is 0. The van der Waals surface area contributed by atoms with Gasteiger partial charge in [0.25, 0.3) is 0 Å². The average Bonchev–Trinajstić information content (AvgIpc) is 2.97. The number of nitrogens with zero attached hydrogens (tertiary/aromatic N) is 1. The average molecular weight is 267 g/mol. The summed E-state index contributed by atoms with van der Waals surface area (Å²) in [4.78, 5) is 15.8. The number of ether oxygens (including phenoxy) is 1. The molecule has 2 heterocycles. The van der Waals surface area contributed by atoms with Crippen LogP contribution in [-0.4, -0.2) is 17.6 Å². The van der Waals surface area contributed by atoms with E-state index >= 15 is 0 Å². The van der Waals surface area contributed by atoms with Gasteiger partial charge in [0.05, 0.1) is 6.61 Å². The number of fused-ring (bicyclic) bond motifs is 1. The van der Waals surface area contributed by atoms with Crippen LogP contribution in [0.2, 0.25) is 0 Å². The second kappa shape index (κ2) is 5.17. The van der Waals surface area contributed by atoms with Crippen molar-refractivity contribution in [2.45, 2.75) is 6.92 Å². The minimum Gasteiger partial charge on any atom is -0.460 e. The van der Waals surface area contributed by atoms with Gasteiger partial charge in [0.1, 0.15) is 5.76 Å². The van der Waals surface area contributed by atoms with Crippen LogP contribution in [0.4, 0.5) is 0 Å². The Kier molecular flexibility index (Phi) is 3.21. The van der Waals surface area contributed by atoms with E-state index in [1.54, 1.807) is 31.5 Å². The molecule has 3 rings (SSSR count). The molecule has 100 valence electrons. The number of carbonyl (C=O) groups is 1. The van der Waals surface area contributed by atoms with Crippen molar-refractivity contribution in [1.29, 1.82) is 0 Å². The van der Waals surface area contributed by atoms with Gasteiger partial charge in [0.15, 0.2) is 0 Å². The molecule has 0 radical (unpaired) electrons. The number of aromatic nitrogens is 1. The minimum absolute atomic E-state index is 0.204. The van der Waals surface area contributed by atoms with E-state index in [-0.39, 0.29) is 5.76 Å². The monoisotopic (exact) mass is 267 g/mol. The molecule has 0 N–H and O–H groups in total. The maximum absolute atomic E-state index is 11.6. The molecule has 20 heavy (non-hydrogen) atoms. The highest BCUT2D eigenvalue weighted by atomic mass is 16.5. The quantitative estimate of drug-likeness (QED) is 0.679. The second-order valence-electron chi connectivity index (χ2n) is 4.29. The van der Waals surface area contributed by atoms with E-state index in [0.717, 1.165) is 16.3 Å². The lowest BCUT2D eigenvalue weighted by molar-refractivity contribution is 0.0491. The number of rotatable bonds is 3. The molecule has 4 nitrogen and oxygen atoms in total. The van der Waals surface area contributed by atoms with Crippen LogP contribution in [0.15, 0.2) is 53.2 Å². The Morgan fingerprint density at radius 1 is 1.20 bits per heavy atom. The Morgan fingerprint density at radius 3 is 2.90 bits per heavy atom. The summed E-state index contributed by atoms with van der Waals surface area (Å²) in [6.45, 7) is 2.08. The van der Waals surface area contributed by atoms with Crippen LogP contribution in [-0.2, 0) is 4.74 Å². The van der Waals surface area contributed by atoms with E-state index < -0.39 is 5.97 Å². The van der Waals surface area contributed by atoms with Crippen LogP contribution in [0.25, 0.3) is 22.1 Å². The molecule has 0 spiro atoms. The third-order valence-corrected chi connectivity index (χ3v) is 3.02. The highest BCUT2D eigenvalue weighted by Gasteiger charge is 2.14. The molecule has 0 bridgehead atoms. The molecule has 0 aliphatic rings.